The van der Waals surface area contributed by atoms with Gasteiger partial charge in [0.2, 0.25) is 0 Å². The number of carbonyl (C=O) groups is 1. The van der Waals surface area contributed by atoms with Gasteiger partial charge in [0, 0.05) is 5.57 Å². The topological polar surface area (TPSA) is 38.8 Å². The van der Waals surface area contributed by atoms with Crippen LogP contribution in [-0.2, 0) is 14.3 Å². The third kappa shape index (κ3) is 1.11. The van der Waals surface area contributed by atoms with E-state index in [0.717, 1.165) is 24.8 Å². The summed E-state index contributed by atoms with van der Waals surface area (Å²) in [6.45, 7) is 6.31. The van der Waals surface area contributed by atoms with E-state index in [9.17, 15) is 4.79 Å². The quantitative estimate of drug-likeness (QED) is 0.374. The first-order valence-electron chi connectivity index (χ1n) is 6.79. The van der Waals surface area contributed by atoms with Crippen molar-refractivity contribution < 1.29 is 14.3 Å². The highest BCUT2D eigenvalue weighted by Crippen LogP contribution is 2.61. The molecule has 4 aliphatic rings. The molecule has 18 heavy (non-hydrogen) atoms. The highest BCUT2D eigenvalue weighted by molar-refractivity contribution is 5.92. The molecule has 2 heterocycles. The van der Waals surface area contributed by atoms with Crippen LogP contribution >= 0.6 is 0 Å². The first-order chi connectivity index (χ1) is 8.52. The Balaban J connectivity index is 1.85. The van der Waals surface area contributed by atoms with E-state index in [-0.39, 0.29) is 23.6 Å². The van der Waals surface area contributed by atoms with Crippen molar-refractivity contribution >= 4 is 5.97 Å². The molecular weight excluding hydrogens is 228 g/mol. The molecule has 0 aromatic heterocycles. The Morgan fingerprint density at radius 3 is 2.78 bits per heavy atom. The highest BCUT2D eigenvalue weighted by Gasteiger charge is 2.68. The molecule has 1 saturated carbocycles. The van der Waals surface area contributed by atoms with E-state index in [0.29, 0.717) is 6.10 Å². The van der Waals surface area contributed by atoms with Crippen LogP contribution in [0.2, 0.25) is 0 Å². The number of allylic oxidation sites excluding steroid dienone is 1. The lowest BCUT2D eigenvalue weighted by atomic mass is 9.84. The Kier molecular flexibility index (Phi) is 1.85. The standard InChI is InChI=1S/C15H18O3/c1-7-4-5-9-8(2)14(16)17-13(9)12-10(7)6-11-15(12,3)18-11/h11-13H,4-6H2,1-3H3/t11-,12-,13-,15-/m0/s1. The minimum Gasteiger partial charge on any atom is -0.454 e. The largest absolute Gasteiger partial charge is 0.454 e. The summed E-state index contributed by atoms with van der Waals surface area (Å²) >= 11 is 0. The lowest BCUT2D eigenvalue weighted by molar-refractivity contribution is -0.141. The van der Waals surface area contributed by atoms with Gasteiger partial charge < -0.3 is 9.47 Å². The second-order valence-corrected chi connectivity index (χ2v) is 6.25. The summed E-state index contributed by atoms with van der Waals surface area (Å²) < 4.78 is 11.5. The average Bonchev–Trinajstić information content (AvgIpc) is 2.82. The number of esters is 1. The normalized spacial score (nSPS) is 45.5. The molecule has 4 rings (SSSR count). The molecule has 2 aliphatic heterocycles. The number of rotatable bonds is 0. The molecule has 0 N–H and O–H groups in total. The minimum atomic E-state index is -0.124. The van der Waals surface area contributed by atoms with Crippen LogP contribution in [-0.4, -0.2) is 23.8 Å². The maximum Gasteiger partial charge on any atom is 0.334 e. The summed E-state index contributed by atoms with van der Waals surface area (Å²) in [6.07, 6.45) is 3.37. The van der Waals surface area contributed by atoms with Gasteiger partial charge in [0.15, 0.2) is 0 Å². The second kappa shape index (κ2) is 3.08. The van der Waals surface area contributed by atoms with Gasteiger partial charge in [-0.05, 0) is 45.6 Å². The molecule has 0 amide bonds. The molecule has 2 aliphatic carbocycles. The highest BCUT2D eigenvalue weighted by atomic mass is 16.6. The van der Waals surface area contributed by atoms with Gasteiger partial charge in [0.05, 0.1) is 12.0 Å². The SMILES string of the molecule is CC1=C2C[C@@H]3O[C@]3(C)[C@@H]2[C@H]2OC(=O)C(C)=C2CC1. The lowest BCUT2D eigenvalue weighted by Crippen LogP contribution is -2.33. The van der Waals surface area contributed by atoms with Crippen molar-refractivity contribution in [2.45, 2.75) is 57.8 Å². The van der Waals surface area contributed by atoms with E-state index in [1.807, 2.05) is 6.92 Å². The first-order valence-corrected chi connectivity index (χ1v) is 6.79. The van der Waals surface area contributed by atoms with Crippen molar-refractivity contribution in [2.24, 2.45) is 5.92 Å². The van der Waals surface area contributed by atoms with Crippen LogP contribution in [0.4, 0.5) is 0 Å². The van der Waals surface area contributed by atoms with E-state index in [1.165, 1.54) is 16.7 Å². The molecule has 3 heteroatoms. The van der Waals surface area contributed by atoms with Crippen molar-refractivity contribution in [2.75, 3.05) is 0 Å². The van der Waals surface area contributed by atoms with Gasteiger partial charge in [-0.3, -0.25) is 0 Å². The van der Waals surface area contributed by atoms with Crippen LogP contribution in [0.1, 0.15) is 40.0 Å². The fourth-order valence-electron chi connectivity index (χ4n) is 4.09. The summed E-state index contributed by atoms with van der Waals surface area (Å²) in [5.41, 5.74) is 4.96. The molecule has 1 saturated heterocycles. The predicted molar refractivity (Wildman–Crippen MR) is 65.9 cm³/mol. The molecule has 96 valence electrons. The number of ether oxygens (including phenoxy) is 2. The van der Waals surface area contributed by atoms with Gasteiger partial charge in [-0.25, -0.2) is 4.79 Å². The molecule has 0 aromatic rings. The zero-order valence-electron chi connectivity index (χ0n) is 11.1. The number of fused-ring (bicyclic) bond motifs is 5. The molecule has 2 fully saturated rings. The van der Waals surface area contributed by atoms with E-state index < -0.39 is 0 Å². The van der Waals surface area contributed by atoms with Gasteiger partial charge >= 0.3 is 5.97 Å². The first kappa shape index (κ1) is 10.8. The summed E-state index contributed by atoms with van der Waals surface area (Å²) in [7, 11) is 0. The fraction of sp³-hybridized carbons (Fsp3) is 0.667. The van der Waals surface area contributed by atoms with Crippen LogP contribution in [0, 0.1) is 5.92 Å². The zero-order valence-corrected chi connectivity index (χ0v) is 11.1. The van der Waals surface area contributed by atoms with Crippen LogP contribution in [0.3, 0.4) is 0 Å². The molecular formula is C15H18O3. The molecule has 4 atom stereocenters. The smallest absolute Gasteiger partial charge is 0.334 e. The van der Waals surface area contributed by atoms with Crippen molar-refractivity contribution in [1.29, 1.82) is 0 Å². The summed E-state index contributed by atoms with van der Waals surface area (Å²) in [5, 5.41) is 0. The molecule has 0 radical (unpaired) electrons. The Bertz CT molecular complexity index is 528. The van der Waals surface area contributed by atoms with Gasteiger partial charge in [-0.1, -0.05) is 11.1 Å². The Morgan fingerprint density at radius 1 is 1.22 bits per heavy atom. The van der Waals surface area contributed by atoms with Gasteiger partial charge in [0.1, 0.15) is 11.7 Å². The Morgan fingerprint density at radius 2 is 2.00 bits per heavy atom. The molecule has 0 aromatic carbocycles. The summed E-state index contributed by atoms with van der Waals surface area (Å²) in [5.74, 6) is 0.142. The van der Waals surface area contributed by atoms with Gasteiger partial charge in [0.25, 0.3) is 0 Å². The maximum absolute atomic E-state index is 11.8. The van der Waals surface area contributed by atoms with E-state index in [2.05, 4.69) is 13.8 Å². The van der Waals surface area contributed by atoms with Crippen molar-refractivity contribution in [3.63, 3.8) is 0 Å². The lowest BCUT2D eigenvalue weighted by Gasteiger charge is -2.26. The molecule has 0 spiro atoms. The zero-order chi connectivity index (χ0) is 12.7. The number of carbonyl (C=O) groups excluding carboxylic acids is 1. The van der Waals surface area contributed by atoms with Crippen LogP contribution in [0.15, 0.2) is 22.3 Å². The van der Waals surface area contributed by atoms with Gasteiger partial charge in [-0.2, -0.15) is 0 Å². The van der Waals surface area contributed by atoms with E-state index in [4.69, 9.17) is 9.47 Å². The number of hydrogen-bond donors (Lipinski definition) is 0. The molecule has 0 bridgehead atoms. The van der Waals surface area contributed by atoms with Crippen LogP contribution in [0.5, 0.6) is 0 Å². The van der Waals surface area contributed by atoms with Crippen molar-refractivity contribution in [3.8, 4) is 0 Å². The van der Waals surface area contributed by atoms with E-state index in [1.54, 1.807) is 0 Å². The molecule has 3 nitrogen and oxygen atoms in total. The van der Waals surface area contributed by atoms with Crippen LogP contribution in [0.25, 0.3) is 0 Å². The van der Waals surface area contributed by atoms with Crippen molar-refractivity contribution in [1.82, 2.24) is 0 Å². The summed E-state index contributed by atoms with van der Waals surface area (Å²) in [6, 6.07) is 0. The predicted octanol–water partition coefficient (Wildman–Crippen LogP) is 2.52. The molecule has 0 unspecified atom stereocenters. The third-order valence-electron chi connectivity index (χ3n) is 5.36. The Hall–Kier alpha value is -1.09. The third-order valence-corrected chi connectivity index (χ3v) is 5.36. The van der Waals surface area contributed by atoms with Crippen molar-refractivity contribution in [3.05, 3.63) is 22.3 Å². The van der Waals surface area contributed by atoms with E-state index >= 15 is 0 Å². The number of hydrogen-bond acceptors (Lipinski definition) is 3. The summed E-state index contributed by atoms with van der Waals surface area (Å²) in [4.78, 5) is 11.8. The fourth-order valence-corrected chi connectivity index (χ4v) is 4.09. The Labute approximate surface area is 107 Å². The minimum absolute atomic E-state index is 0.0533. The van der Waals surface area contributed by atoms with Gasteiger partial charge in [-0.15, -0.1) is 0 Å². The number of epoxide rings is 1. The maximum atomic E-state index is 11.8. The second-order valence-electron chi connectivity index (χ2n) is 6.25. The average molecular weight is 246 g/mol. The monoisotopic (exact) mass is 246 g/mol. The van der Waals surface area contributed by atoms with Crippen LogP contribution < -0.4 is 0 Å².